The van der Waals surface area contributed by atoms with Crippen LogP contribution >= 0.6 is 15.9 Å². The first-order chi connectivity index (χ1) is 9.83. The van der Waals surface area contributed by atoms with Crippen molar-refractivity contribution < 1.29 is 22.3 Å². The Morgan fingerprint density at radius 2 is 2.14 bits per heavy atom. The molecule has 0 aromatic carbocycles. The van der Waals surface area contributed by atoms with E-state index in [-0.39, 0.29) is 6.61 Å². The number of ether oxygens (including phenoxy) is 1. The van der Waals surface area contributed by atoms with Gasteiger partial charge in [-0.15, -0.1) is 0 Å². The fourth-order valence-electron chi connectivity index (χ4n) is 1.78. The van der Waals surface area contributed by atoms with Crippen LogP contribution in [0.2, 0.25) is 0 Å². The van der Waals surface area contributed by atoms with Gasteiger partial charge in [0, 0.05) is 6.54 Å². The maximum atomic E-state index is 12.8. The van der Waals surface area contributed by atoms with Crippen molar-refractivity contribution in [3.8, 4) is 0 Å². The van der Waals surface area contributed by atoms with E-state index >= 15 is 0 Å². The third-order valence-corrected chi connectivity index (χ3v) is 3.46. The van der Waals surface area contributed by atoms with Crippen molar-refractivity contribution in [3.05, 3.63) is 16.4 Å². The molecule has 0 aliphatic carbocycles. The fourth-order valence-corrected chi connectivity index (χ4v) is 2.36. The molecule has 21 heavy (non-hydrogen) atoms. The molecule has 9 heteroatoms. The number of nitrogens with zero attached hydrogens (tertiary/aromatic N) is 2. The van der Waals surface area contributed by atoms with Crippen molar-refractivity contribution >= 4 is 15.9 Å². The van der Waals surface area contributed by atoms with Crippen LogP contribution in [-0.2, 0) is 11.3 Å². The molecule has 4 nitrogen and oxygen atoms in total. The molecule has 1 atom stereocenters. The number of rotatable bonds is 9. The van der Waals surface area contributed by atoms with E-state index in [0.717, 1.165) is 12.1 Å². The van der Waals surface area contributed by atoms with E-state index in [2.05, 4.69) is 26.3 Å². The van der Waals surface area contributed by atoms with Crippen LogP contribution in [0.25, 0.3) is 0 Å². The lowest BCUT2D eigenvalue weighted by Gasteiger charge is -2.21. The number of halogens is 5. The molecule has 0 bridgehead atoms. The van der Waals surface area contributed by atoms with Crippen LogP contribution < -0.4 is 5.32 Å². The molecule has 0 aliphatic heterocycles. The van der Waals surface area contributed by atoms with Gasteiger partial charge in [-0.2, -0.15) is 13.9 Å². The molecule has 1 heterocycles. The second-order valence-electron chi connectivity index (χ2n) is 4.52. The van der Waals surface area contributed by atoms with E-state index in [4.69, 9.17) is 4.74 Å². The van der Waals surface area contributed by atoms with Crippen molar-refractivity contribution in [2.75, 3.05) is 20.3 Å². The van der Waals surface area contributed by atoms with Gasteiger partial charge in [0.05, 0.1) is 29.0 Å². The van der Waals surface area contributed by atoms with Crippen LogP contribution in [0.15, 0.2) is 10.7 Å². The van der Waals surface area contributed by atoms with Crippen LogP contribution in [-0.4, -0.2) is 42.4 Å². The van der Waals surface area contributed by atoms with E-state index < -0.39 is 25.0 Å². The van der Waals surface area contributed by atoms with Gasteiger partial charge in [-0.3, -0.25) is 4.68 Å². The zero-order valence-electron chi connectivity index (χ0n) is 11.8. The second kappa shape index (κ2) is 8.09. The van der Waals surface area contributed by atoms with Crippen LogP contribution in [0.1, 0.15) is 25.1 Å². The first kappa shape index (κ1) is 18.4. The highest BCUT2D eigenvalue weighted by Crippen LogP contribution is 2.26. The smallest absolute Gasteiger partial charge is 0.330 e. The zero-order valence-corrected chi connectivity index (χ0v) is 13.3. The van der Waals surface area contributed by atoms with Gasteiger partial charge < -0.3 is 10.1 Å². The molecule has 1 N–H and O–H groups in total. The molecular weight excluding hydrogens is 358 g/mol. The maximum Gasteiger partial charge on any atom is 0.330 e. The Hall–Kier alpha value is -0.670. The van der Waals surface area contributed by atoms with Crippen molar-refractivity contribution in [1.29, 1.82) is 0 Å². The van der Waals surface area contributed by atoms with Gasteiger partial charge in [-0.1, -0.05) is 6.92 Å². The van der Waals surface area contributed by atoms with Gasteiger partial charge in [-0.25, -0.2) is 8.78 Å². The maximum absolute atomic E-state index is 12.8. The summed E-state index contributed by atoms with van der Waals surface area (Å²) in [6, 6.07) is -0.429. The zero-order chi connectivity index (χ0) is 16.0. The van der Waals surface area contributed by atoms with Crippen molar-refractivity contribution in [1.82, 2.24) is 15.1 Å². The molecule has 1 unspecified atom stereocenters. The monoisotopic (exact) mass is 375 g/mol. The van der Waals surface area contributed by atoms with Crippen LogP contribution in [0.3, 0.4) is 0 Å². The summed E-state index contributed by atoms with van der Waals surface area (Å²) in [5, 5.41) is 7.08. The molecule has 0 spiro atoms. The van der Waals surface area contributed by atoms with E-state index in [0.29, 0.717) is 11.0 Å². The highest BCUT2D eigenvalue weighted by molar-refractivity contribution is 9.10. The highest BCUT2D eigenvalue weighted by atomic mass is 79.9. The van der Waals surface area contributed by atoms with Crippen molar-refractivity contribution in [3.63, 3.8) is 0 Å². The second-order valence-corrected chi connectivity index (χ2v) is 5.37. The molecule has 0 fully saturated rings. The largest absolute Gasteiger partial charge is 0.373 e. The summed E-state index contributed by atoms with van der Waals surface area (Å²) >= 11 is 3.34. The van der Waals surface area contributed by atoms with E-state index in [1.54, 1.807) is 17.9 Å². The molecule has 0 aliphatic rings. The van der Waals surface area contributed by atoms with Crippen LogP contribution in [0.4, 0.5) is 17.6 Å². The van der Waals surface area contributed by atoms with E-state index in [1.165, 1.54) is 0 Å². The summed E-state index contributed by atoms with van der Waals surface area (Å²) in [6.45, 7) is 1.16. The minimum Gasteiger partial charge on any atom is -0.373 e. The van der Waals surface area contributed by atoms with Gasteiger partial charge in [0.15, 0.2) is 0 Å². The standard InChI is InChI=1S/C12H18BrF4N3O/c1-3-4-20-10(8(13)5-19-20)9(18-2)6-21-7-12(16,17)11(14)15/h5,9,11,18H,3-4,6-7H2,1-2H3. The Morgan fingerprint density at radius 1 is 1.48 bits per heavy atom. The minimum absolute atomic E-state index is 0.160. The van der Waals surface area contributed by atoms with Gasteiger partial charge in [-0.05, 0) is 29.4 Å². The van der Waals surface area contributed by atoms with Gasteiger partial charge in [0.2, 0.25) is 0 Å². The van der Waals surface area contributed by atoms with E-state index in [9.17, 15) is 17.6 Å². The van der Waals surface area contributed by atoms with Crippen LogP contribution in [0, 0.1) is 0 Å². The number of likely N-dealkylation sites (N-methyl/N-ethyl adjacent to an activating group) is 1. The van der Waals surface area contributed by atoms with Crippen molar-refractivity contribution in [2.24, 2.45) is 0 Å². The topological polar surface area (TPSA) is 39.1 Å². The summed E-state index contributed by atoms with van der Waals surface area (Å²) in [6.07, 6.45) is -1.28. The Kier molecular flexibility index (Phi) is 7.08. The molecule has 122 valence electrons. The Labute approximate surface area is 129 Å². The van der Waals surface area contributed by atoms with Gasteiger partial charge in [0.1, 0.15) is 6.61 Å². The summed E-state index contributed by atoms with van der Waals surface area (Å²) in [5.41, 5.74) is 0.736. The summed E-state index contributed by atoms with van der Waals surface area (Å²) in [4.78, 5) is 0. The van der Waals surface area contributed by atoms with Crippen molar-refractivity contribution in [2.45, 2.75) is 38.3 Å². The molecular formula is C12H18BrF4N3O. The normalized spacial score (nSPS) is 13.9. The third kappa shape index (κ3) is 4.93. The first-order valence-electron chi connectivity index (χ1n) is 6.45. The number of hydrogen-bond acceptors (Lipinski definition) is 3. The number of aryl methyl sites for hydroxylation is 1. The fraction of sp³-hybridized carbons (Fsp3) is 0.750. The minimum atomic E-state index is -4.14. The number of nitrogens with one attached hydrogen (secondary N) is 1. The number of hydrogen-bond donors (Lipinski definition) is 1. The SMILES string of the molecule is CCCn1ncc(Br)c1C(COCC(F)(F)C(F)F)NC. The Morgan fingerprint density at radius 3 is 2.67 bits per heavy atom. The molecule has 0 saturated carbocycles. The summed E-state index contributed by atoms with van der Waals surface area (Å²) in [7, 11) is 1.63. The first-order valence-corrected chi connectivity index (χ1v) is 7.25. The van der Waals surface area contributed by atoms with Gasteiger partial charge >= 0.3 is 12.3 Å². The van der Waals surface area contributed by atoms with Crippen LogP contribution in [0.5, 0.6) is 0 Å². The Balaban J connectivity index is 2.70. The molecule has 0 amide bonds. The van der Waals surface area contributed by atoms with Gasteiger partial charge in [0.25, 0.3) is 0 Å². The predicted molar refractivity (Wildman–Crippen MR) is 73.8 cm³/mol. The molecule has 0 saturated heterocycles. The molecule has 1 aromatic rings. The lowest BCUT2D eigenvalue weighted by Crippen LogP contribution is -2.34. The predicted octanol–water partition coefficient (Wildman–Crippen LogP) is 3.23. The highest BCUT2D eigenvalue weighted by Gasteiger charge is 2.41. The number of aromatic nitrogens is 2. The third-order valence-electron chi connectivity index (χ3n) is 2.85. The average Bonchev–Trinajstić information content (AvgIpc) is 2.76. The number of alkyl halides is 4. The van der Waals surface area contributed by atoms with E-state index in [1.807, 2.05) is 6.92 Å². The quantitative estimate of drug-likeness (QED) is 0.673. The Bertz CT molecular complexity index is 442. The average molecular weight is 376 g/mol. The summed E-state index contributed by atoms with van der Waals surface area (Å²) in [5.74, 6) is -4.14. The molecule has 1 rings (SSSR count). The summed E-state index contributed by atoms with van der Waals surface area (Å²) < 4.78 is 56.9. The lowest BCUT2D eigenvalue weighted by molar-refractivity contribution is -0.167. The molecule has 0 radical (unpaired) electrons. The molecule has 1 aromatic heterocycles. The lowest BCUT2D eigenvalue weighted by atomic mass is 10.2.